The number of unbranched alkanes of at least 4 members (excludes halogenated alkanes) is 10. The molecule has 1 aromatic carbocycles. The van der Waals surface area contributed by atoms with Crippen molar-refractivity contribution in [2.24, 2.45) is 0 Å². The van der Waals surface area contributed by atoms with Gasteiger partial charge in [-0.3, -0.25) is 0 Å². The SMILES string of the molecule is CCCCCCCCOc1c(OCCCCCCCC)c(-c2ccc(Br)s2)c2nc(C)c(C)nc2c1-c1ccc(Br)s1. The number of hydrogen-bond acceptors (Lipinski definition) is 6. The largest absolute Gasteiger partial charge is 0.489 e. The minimum Gasteiger partial charge on any atom is -0.489 e. The van der Waals surface area contributed by atoms with Crippen molar-refractivity contribution >= 4 is 65.6 Å². The van der Waals surface area contributed by atoms with Crippen molar-refractivity contribution in [2.45, 2.75) is 105 Å². The smallest absolute Gasteiger partial charge is 0.172 e. The lowest BCUT2D eigenvalue weighted by Gasteiger charge is -2.22. The normalized spacial score (nSPS) is 11.5. The van der Waals surface area contributed by atoms with Gasteiger partial charge in [-0.15, -0.1) is 22.7 Å². The second kappa shape index (κ2) is 17.1. The summed E-state index contributed by atoms with van der Waals surface area (Å²) in [5.74, 6) is 1.60. The molecule has 0 spiro atoms. The molecule has 0 N–H and O–H groups in total. The Kier molecular flexibility index (Phi) is 13.6. The molecule has 0 saturated heterocycles. The number of nitrogens with zero attached hydrogens (tertiary/aromatic N) is 2. The van der Waals surface area contributed by atoms with Gasteiger partial charge in [-0.25, -0.2) is 9.97 Å². The first-order valence-corrected chi connectivity index (χ1v) is 18.8. The summed E-state index contributed by atoms with van der Waals surface area (Å²) >= 11 is 10.8. The number of ether oxygens (including phenoxy) is 2. The van der Waals surface area contributed by atoms with Gasteiger partial charge in [0.2, 0.25) is 0 Å². The summed E-state index contributed by atoms with van der Waals surface area (Å²) in [6, 6.07) is 8.49. The molecule has 0 aliphatic rings. The highest BCUT2D eigenvalue weighted by Crippen LogP contribution is 2.53. The van der Waals surface area contributed by atoms with Crippen LogP contribution in [0.4, 0.5) is 0 Å². The zero-order valence-corrected chi connectivity index (χ0v) is 30.3. The van der Waals surface area contributed by atoms with Gasteiger partial charge in [0.1, 0.15) is 11.0 Å². The molecule has 3 aromatic heterocycles. The molecule has 0 saturated carbocycles. The molecular weight excluding hydrogens is 692 g/mol. The molecule has 0 aliphatic heterocycles. The van der Waals surface area contributed by atoms with E-state index in [9.17, 15) is 0 Å². The number of aromatic nitrogens is 2. The Morgan fingerprint density at radius 2 is 0.952 bits per heavy atom. The molecule has 0 amide bonds. The third kappa shape index (κ3) is 8.80. The van der Waals surface area contributed by atoms with Gasteiger partial charge >= 0.3 is 0 Å². The Labute approximate surface area is 276 Å². The van der Waals surface area contributed by atoms with Gasteiger partial charge < -0.3 is 9.47 Å². The molecule has 0 unspecified atom stereocenters. The zero-order valence-electron chi connectivity index (χ0n) is 25.5. The van der Waals surface area contributed by atoms with Crippen LogP contribution in [-0.4, -0.2) is 23.2 Å². The molecule has 8 heteroatoms. The topological polar surface area (TPSA) is 44.2 Å². The molecule has 4 nitrogen and oxygen atoms in total. The van der Waals surface area contributed by atoms with E-state index in [2.05, 4.69) is 70.0 Å². The summed E-state index contributed by atoms with van der Waals surface area (Å²) < 4.78 is 15.7. The molecule has 0 atom stereocenters. The fourth-order valence-electron chi connectivity index (χ4n) is 5.14. The van der Waals surface area contributed by atoms with Crippen LogP contribution < -0.4 is 9.47 Å². The summed E-state index contributed by atoms with van der Waals surface area (Å²) in [6.45, 7) is 9.90. The molecule has 0 fully saturated rings. The highest BCUT2D eigenvalue weighted by molar-refractivity contribution is 9.11. The molecule has 228 valence electrons. The van der Waals surface area contributed by atoms with E-state index in [0.717, 1.165) is 75.2 Å². The van der Waals surface area contributed by atoms with Gasteiger partial charge in [-0.2, -0.15) is 0 Å². The predicted octanol–water partition coefficient (Wildman–Crippen LogP) is 12.7. The maximum Gasteiger partial charge on any atom is 0.172 e. The first-order chi connectivity index (χ1) is 20.4. The van der Waals surface area contributed by atoms with Crippen LogP contribution in [0.5, 0.6) is 11.5 Å². The van der Waals surface area contributed by atoms with Crippen LogP contribution in [0.3, 0.4) is 0 Å². The van der Waals surface area contributed by atoms with E-state index < -0.39 is 0 Å². The standard InChI is InChI=1S/C34H44Br2N2O2S2/c1-5-7-9-11-13-15-21-39-33-29(25-17-19-27(35)41-25)31-32(38-24(4)23(3)37-31)30(26-18-20-28(36)42-26)34(33)40-22-16-14-12-10-8-6-2/h17-20H,5-16,21-22H2,1-4H3. The first-order valence-electron chi connectivity index (χ1n) is 15.6. The van der Waals surface area contributed by atoms with Crippen molar-refractivity contribution in [1.82, 2.24) is 9.97 Å². The Morgan fingerprint density at radius 1 is 0.571 bits per heavy atom. The Balaban J connectivity index is 1.82. The Morgan fingerprint density at radius 3 is 1.31 bits per heavy atom. The van der Waals surface area contributed by atoms with Crippen LogP contribution in [0.15, 0.2) is 31.8 Å². The van der Waals surface area contributed by atoms with Crippen molar-refractivity contribution in [3.05, 3.63) is 43.2 Å². The van der Waals surface area contributed by atoms with Gasteiger partial charge in [0.25, 0.3) is 0 Å². The third-order valence-corrected chi connectivity index (χ3v) is 10.9. The Hall–Kier alpha value is -1.48. The highest BCUT2D eigenvalue weighted by atomic mass is 79.9. The lowest BCUT2D eigenvalue weighted by molar-refractivity contribution is 0.260. The fourth-order valence-corrected chi connectivity index (χ4v) is 8.00. The van der Waals surface area contributed by atoms with E-state index >= 15 is 0 Å². The zero-order chi connectivity index (χ0) is 29.9. The van der Waals surface area contributed by atoms with Crippen molar-refractivity contribution in [2.75, 3.05) is 13.2 Å². The van der Waals surface area contributed by atoms with E-state index in [1.165, 1.54) is 64.2 Å². The molecule has 4 aromatic rings. The predicted molar refractivity (Wildman–Crippen MR) is 189 cm³/mol. The van der Waals surface area contributed by atoms with E-state index in [-0.39, 0.29) is 0 Å². The molecule has 0 radical (unpaired) electrons. The number of benzene rings is 1. The lowest BCUT2D eigenvalue weighted by Crippen LogP contribution is -2.08. The second-order valence-electron chi connectivity index (χ2n) is 10.9. The molecule has 0 bridgehead atoms. The average Bonchev–Trinajstić information content (AvgIpc) is 3.60. The molecular formula is C34H44Br2N2O2S2. The number of rotatable bonds is 18. The van der Waals surface area contributed by atoms with Crippen molar-refractivity contribution in [3.63, 3.8) is 0 Å². The Bertz CT molecular complexity index is 1330. The number of halogens is 2. The van der Waals surface area contributed by atoms with E-state index in [1.807, 2.05) is 13.8 Å². The summed E-state index contributed by atoms with van der Waals surface area (Å²) in [5, 5.41) is 0. The maximum atomic E-state index is 6.79. The van der Waals surface area contributed by atoms with Crippen molar-refractivity contribution in [1.29, 1.82) is 0 Å². The third-order valence-electron chi connectivity index (χ3n) is 7.57. The van der Waals surface area contributed by atoms with E-state index in [0.29, 0.717) is 13.2 Å². The van der Waals surface area contributed by atoms with Crippen LogP contribution in [0.25, 0.3) is 31.9 Å². The van der Waals surface area contributed by atoms with Crippen LogP contribution in [0.2, 0.25) is 0 Å². The summed E-state index contributed by atoms with van der Waals surface area (Å²) in [7, 11) is 0. The van der Waals surface area contributed by atoms with E-state index in [1.54, 1.807) is 22.7 Å². The molecule has 4 rings (SSSR count). The minimum absolute atomic E-state index is 0.649. The lowest BCUT2D eigenvalue weighted by atomic mass is 10.0. The van der Waals surface area contributed by atoms with Gasteiger partial charge in [0.15, 0.2) is 11.5 Å². The molecule has 42 heavy (non-hydrogen) atoms. The summed E-state index contributed by atoms with van der Waals surface area (Å²) in [6.07, 6.45) is 14.6. The molecule has 0 aliphatic carbocycles. The highest BCUT2D eigenvalue weighted by Gasteiger charge is 2.28. The van der Waals surface area contributed by atoms with Crippen LogP contribution in [-0.2, 0) is 0 Å². The maximum absolute atomic E-state index is 6.79. The van der Waals surface area contributed by atoms with Crippen LogP contribution >= 0.6 is 54.5 Å². The monoisotopic (exact) mass is 734 g/mol. The number of fused-ring (bicyclic) bond motifs is 1. The summed E-state index contributed by atoms with van der Waals surface area (Å²) in [4.78, 5) is 12.5. The van der Waals surface area contributed by atoms with E-state index in [4.69, 9.17) is 19.4 Å². The number of aryl methyl sites for hydroxylation is 2. The first kappa shape index (κ1) is 33.4. The fraction of sp³-hybridized carbons (Fsp3) is 0.529. The van der Waals surface area contributed by atoms with Crippen molar-refractivity contribution in [3.8, 4) is 32.4 Å². The van der Waals surface area contributed by atoms with Gasteiger partial charge in [0, 0.05) is 9.75 Å². The second-order valence-corrected chi connectivity index (χ2v) is 15.9. The van der Waals surface area contributed by atoms with Crippen LogP contribution in [0, 0.1) is 13.8 Å². The molecule has 3 heterocycles. The van der Waals surface area contributed by atoms with Crippen LogP contribution in [0.1, 0.15) is 102 Å². The summed E-state index contributed by atoms with van der Waals surface area (Å²) in [5.41, 5.74) is 5.58. The quantitative estimate of drug-likeness (QED) is 0.0954. The van der Waals surface area contributed by atoms with Gasteiger partial charge in [0.05, 0.1) is 43.3 Å². The minimum atomic E-state index is 0.649. The average molecular weight is 737 g/mol. The van der Waals surface area contributed by atoms with Gasteiger partial charge in [-0.05, 0) is 82.8 Å². The van der Waals surface area contributed by atoms with Crippen molar-refractivity contribution < 1.29 is 9.47 Å². The number of thiophene rings is 2. The number of hydrogen-bond donors (Lipinski definition) is 0. The van der Waals surface area contributed by atoms with Gasteiger partial charge in [-0.1, -0.05) is 78.1 Å².